The van der Waals surface area contributed by atoms with Crippen molar-refractivity contribution in [2.75, 3.05) is 0 Å². The van der Waals surface area contributed by atoms with Gasteiger partial charge in [-0.25, -0.2) is 0 Å². The third kappa shape index (κ3) is 2.19. The van der Waals surface area contributed by atoms with Gasteiger partial charge in [0.1, 0.15) is 0 Å². The van der Waals surface area contributed by atoms with Crippen LogP contribution in [0.2, 0.25) is 0 Å². The van der Waals surface area contributed by atoms with E-state index in [1.165, 1.54) is 38.5 Å². The minimum absolute atomic E-state index is 0.00782. The van der Waals surface area contributed by atoms with Gasteiger partial charge in [-0.2, -0.15) is 0 Å². The van der Waals surface area contributed by atoms with Crippen molar-refractivity contribution in [2.24, 2.45) is 23.2 Å². The molecular formula is C16H27NO. The summed E-state index contributed by atoms with van der Waals surface area (Å²) in [6.45, 7) is 6.29. The molecule has 0 spiro atoms. The van der Waals surface area contributed by atoms with Crippen LogP contribution in [0.3, 0.4) is 0 Å². The van der Waals surface area contributed by atoms with E-state index in [-0.39, 0.29) is 11.0 Å². The lowest BCUT2D eigenvalue weighted by molar-refractivity contribution is -0.137. The van der Waals surface area contributed by atoms with Crippen LogP contribution in [0.1, 0.15) is 65.7 Å². The predicted molar refractivity (Wildman–Crippen MR) is 73.1 cm³/mol. The SMILES string of the molecule is CC(C)(C)NC(=O)C12CCC3C[C@H](C[C@@H](C3)C1)C2. The fourth-order valence-electron chi connectivity index (χ4n) is 4.92. The molecule has 4 fully saturated rings. The van der Waals surface area contributed by atoms with Crippen LogP contribution in [0.15, 0.2) is 0 Å². The average molecular weight is 249 g/mol. The summed E-state index contributed by atoms with van der Waals surface area (Å²) in [4.78, 5) is 12.8. The predicted octanol–water partition coefficient (Wildman–Crippen LogP) is 3.51. The van der Waals surface area contributed by atoms with Crippen molar-refractivity contribution in [3.63, 3.8) is 0 Å². The maximum Gasteiger partial charge on any atom is 0.226 e. The summed E-state index contributed by atoms with van der Waals surface area (Å²) >= 11 is 0. The summed E-state index contributed by atoms with van der Waals surface area (Å²) in [5.41, 5.74) is -0.0971. The maximum absolute atomic E-state index is 12.8. The van der Waals surface area contributed by atoms with Crippen LogP contribution in [0, 0.1) is 23.2 Å². The van der Waals surface area contributed by atoms with Crippen molar-refractivity contribution in [2.45, 2.75) is 71.3 Å². The number of hydrogen-bond donors (Lipinski definition) is 1. The van der Waals surface area contributed by atoms with E-state index in [1.807, 2.05) is 0 Å². The van der Waals surface area contributed by atoms with Gasteiger partial charge in [0.05, 0.1) is 0 Å². The zero-order chi connectivity index (χ0) is 13.0. The van der Waals surface area contributed by atoms with Crippen LogP contribution in [0.4, 0.5) is 0 Å². The van der Waals surface area contributed by atoms with Crippen LogP contribution in [0.25, 0.3) is 0 Å². The Hall–Kier alpha value is -0.530. The first-order valence-electron chi connectivity index (χ1n) is 7.69. The number of amides is 1. The van der Waals surface area contributed by atoms with Gasteiger partial charge in [0, 0.05) is 11.0 Å². The number of carbonyl (C=O) groups is 1. The highest BCUT2D eigenvalue weighted by molar-refractivity contribution is 5.83. The smallest absolute Gasteiger partial charge is 0.226 e. The Balaban J connectivity index is 1.83. The van der Waals surface area contributed by atoms with E-state index in [0.29, 0.717) is 5.91 Å². The second kappa shape index (κ2) is 3.98. The van der Waals surface area contributed by atoms with Gasteiger partial charge in [-0.05, 0) is 83.5 Å². The lowest BCUT2D eigenvalue weighted by Gasteiger charge is -2.45. The quantitative estimate of drug-likeness (QED) is 0.757. The molecule has 4 rings (SSSR count). The van der Waals surface area contributed by atoms with Gasteiger partial charge in [-0.3, -0.25) is 4.79 Å². The molecule has 0 aromatic rings. The topological polar surface area (TPSA) is 29.1 Å². The van der Waals surface area contributed by atoms with Gasteiger partial charge in [0.15, 0.2) is 0 Å². The van der Waals surface area contributed by atoms with Crippen LogP contribution < -0.4 is 5.32 Å². The Kier molecular flexibility index (Phi) is 2.76. The molecule has 18 heavy (non-hydrogen) atoms. The van der Waals surface area contributed by atoms with Crippen molar-refractivity contribution < 1.29 is 4.79 Å². The molecule has 0 aromatic heterocycles. The highest BCUT2D eigenvalue weighted by atomic mass is 16.2. The second-order valence-corrected chi connectivity index (χ2v) is 8.24. The molecule has 2 heteroatoms. The molecule has 0 aromatic carbocycles. The van der Waals surface area contributed by atoms with E-state index in [9.17, 15) is 4.79 Å². The molecule has 4 saturated carbocycles. The summed E-state index contributed by atoms with van der Waals surface area (Å²) in [7, 11) is 0. The summed E-state index contributed by atoms with van der Waals surface area (Å²) < 4.78 is 0. The summed E-state index contributed by atoms with van der Waals surface area (Å²) in [6.07, 6.45) is 8.99. The van der Waals surface area contributed by atoms with E-state index in [2.05, 4.69) is 26.1 Å². The molecule has 4 aliphatic carbocycles. The molecular weight excluding hydrogens is 222 g/mol. The molecule has 4 bridgehead atoms. The van der Waals surface area contributed by atoms with Crippen molar-refractivity contribution in [3.8, 4) is 0 Å². The van der Waals surface area contributed by atoms with Crippen molar-refractivity contribution in [1.82, 2.24) is 5.32 Å². The Morgan fingerprint density at radius 1 is 1.06 bits per heavy atom. The zero-order valence-electron chi connectivity index (χ0n) is 12.1. The largest absolute Gasteiger partial charge is 0.351 e. The Bertz CT molecular complexity index is 341. The van der Waals surface area contributed by atoms with E-state index >= 15 is 0 Å². The highest BCUT2D eigenvalue weighted by Crippen LogP contribution is 2.57. The average Bonchev–Trinajstić information content (AvgIpc) is 2.41. The van der Waals surface area contributed by atoms with Gasteiger partial charge in [0.2, 0.25) is 5.91 Å². The first-order chi connectivity index (χ1) is 8.36. The Morgan fingerprint density at radius 2 is 1.61 bits per heavy atom. The van der Waals surface area contributed by atoms with E-state index in [4.69, 9.17) is 0 Å². The van der Waals surface area contributed by atoms with E-state index in [0.717, 1.165) is 24.2 Å². The van der Waals surface area contributed by atoms with E-state index in [1.54, 1.807) is 0 Å². The Morgan fingerprint density at radius 3 is 2.17 bits per heavy atom. The van der Waals surface area contributed by atoms with Crippen molar-refractivity contribution in [1.29, 1.82) is 0 Å². The molecule has 0 unspecified atom stereocenters. The first-order valence-corrected chi connectivity index (χ1v) is 7.69. The van der Waals surface area contributed by atoms with E-state index < -0.39 is 0 Å². The molecule has 0 aliphatic heterocycles. The minimum atomic E-state index is -0.0893. The molecule has 102 valence electrons. The Labute approximate surface area is 111 Å². The number of hydrogen-bond acceptors (Lipinski definition) is 1. The normalized spacial score (nSPS) is 42.7. The number of carbonyl (C=O) groups excluding carboxylic acids is 1. The van der Waals surface area contributed by atoms with Gasteiger partial charge >= 0.3 is 0 Å². The number of nitrogens with one attached hydrogen (secondary N) is 1. The first kappa shape index (κ1) is 12.5. The van der Waals surface area contributed by atoms with Gasteiger partial charge < -0.3 is 5.32 Å². The van der Waals surface area contributed by atoms with Crippen molar-refractivity contribution in [3.05, 3.63) is 0 Å². The molecule has 1 amide bonds. The standard InChI is InChI=1S/C16H27NO/c1-15(2,3)17-14(18)16-5-4-11-6-12(9-16)8-13(7-11)10-16/h11-13H,4-10H2,1-3H3,(H,17,18)/t11?,12-,13-,16?/m1/s1. The third-order valence-electron chi connectivity index (χ3n) is 5.36. The second-order valence-electron chi connectivity index (χ2n) is 8.24. The van der Waals surface area contributed by atoms with Crippen molar-refractivity contribution >= 4 is 5.91 Å². The molecule has 2 atom stereocenters. The highest BCUT2D eigenvalue weighted by Gasteiger charge is 2.51. The van der Waals surface area contributed by atoms with Gasteiger partial charge in [-0.1, -0.05) is 0 Å². The third-order valence-corrected chi connectivity index (χ3v) is 5.36. The zero-order valence-corrected chi connectivity index (χ0v) is 12.1. The summed E-state index contributed by atoms with van der Waals surface area (Å²) in [5.74, 6) is 2.97. The van der Waals surface area contributed by atoms with Gasteiger partial charge in [0.25, 0.3) is 0 Å². The summed E-state index contributed by atoms with van der Waals surface area (Å²) in [5, 5.41) is 3.26. The molecule has 4 aliphatic rings. The molecule has 1 N–H and O–H groups in total. The molecule has 0 saturated heterocycles. The maximum atomic E-state index is 12.8. The van der Waals surface area contributed by atoms with Crippen LogP contribution >= 0.6 is 0 Å². The van der Waals surface area contributed by atoms with Crippen LogP contribution in [-0.2, 0) is 4.79 Å². The monoisotopic (exact) mass is 249 g/mol. The van der Waals surface area contributed by atoms with Gasteiger partial charge in [-0.15, -0.1) is 0 Å². The molecule has 0 heterocycles. The lowest BCUT2D eigenvalue weighted by Crippen LogP contribution is -2.51. The fourth-order valence-corrected chi connectivity index (χ4v) is 4.92. The van der Waals surface area contributed by atoms with Crippen LogP contribution in [-0.4, -0.2) is 11.4 Å². The number of rotatable bonds is 1. The lowest BCUT2D eigenvalue weighted by atomic mass is 9.61. The molecule has 2 nitrogen and oxygen atoms in total. The summed E-state index contributed by atoms with van der Waals surface area (Å²) in [6, 6.07) is 0. The minimum Gasteiger partial charge on any atom is -0.351 e. The fraction of sp³-hybridized carbons (Fsp3) is 0.938. The number of fused-ring (bicyclic) bond motifs is 1. The molecule has 0 radical (unpaired) electrons. The van der Waals surface area contributed by atoms with Crippen LogP contribution in [0.5, 0.6) is 0 Å².